The van der Waals surface area contributed by atoms with Crippen molar-refractivity contribution in [1.82, 2.24) is 5.48 Å². The molecule has 0 unspecified atom stereocenters. The van der Waals surface area contributed by atoms with E-state index in [-0.39, 0.29) is 5.56 Å². The van der Waals surface area contributed by atoms with Crippen LogP contribution < -0.4 is 5.48 Å². The maximum Gasteiger partial charge on any atom is 0.416 e. The van der Waals surface area contributed by atoms with Gasteiger partial charge in [0.05, 0.1) is 16.8 Å². The van der Waals surface area contributed by atoms with Gasteiger partial charge in [-0.25, -0.2) is 9.79 Å². The summed E-state index contributed by atoms with van der Waals surface area (Å²) in [6, 6.07) is 20.2. The third-order valence-electron chi connectivity index (χ3n) is 4.08. The van der Waals surface area contributed by atoms with Crippen LogP contribution in [-0.2, 0) is 11.0 Å². The summed E-state index contributed by atoms with van der Waals surface area (Å²) < 4.78 is 38.0. The van der Waals surface area contributed by atoms with Gasteiger partial charge in [0.1, 0.15) is 0 Å². The van der Waals surface area contributed by atoms with E-state index >= 15 is 0 Å². The molecule has 0 aliphatic rings. The Hall–Kier alpha value is -3.61. The average molecular weight is 398 g/mol. The van der Waals surface area contributed by atoms with Gasteiger partial charge in [0.25, 0.3) is 0 Å². The Morgan fingerprint density at radius 2 is 1.48 bits per heavy atom. The number of aliphatic imine (C=N–C) groups is 1. The van der Waals surface area contributed by atoms with Crippen molar-refractivity contribution < 1.29 is 22.8 Å². The molecule has 0 saturated carbocycles. The number of para-hydroxylation sites is 1. The van der Waals surface area contributed by atoms with Gasteiger partial charge in [0, 0.05) is 5.56 Å². The second kappa shape index (κ2) is 8.60. The first-order valence-corrected chi connectivity index (χ1v) is 8.69. The molecule has 7 heteroatoms. The molecule has 0 radical (unpaired) electrons. The van der Waals surface area contributed by atoms with E-state index in [1.54, 1.807) is 12.1 Å². The lowest BCUT2D eigenvalue weighted by atomic mass is 10.1. The van der Waals surface area contributed by atoms with E-state index < -0.39 is 17.7 Å². The van der Waals surface area contributed by atoms with Gasteiger partial charge in [-0.1, -0.05) is 48.5 Å². The molecule has 148 valence electrons. The fraction of sp³-hybridized carbons (Fsp3) is 0.0909. The highest BCUT2D eigenvalue weighted by Gasteiger charge is 2.30. The van der Waals surface area contributed by atoms with Crippen molar-refractivity contribution in [3.63, 3.8) is 0 Å². The summed E-state index contributed by atoms with van der Waals surface area (Å²) in [5.41, 5.74) is 3.96. The minimum Gasteiger partial charge on any atom is -0.336 e. The number of carbonyl (C=O) groups excluding carboxylic acids is 1. The average Bonchev–Trinajstić information content (AvgIpc) is 2.72. The van der Waals surface area contributed by atoms with Crippen molar-refractivity contribution in [2.45, 2.75) is 13.1 Å². The van der Waals surface area contributed by atoms with Crippen molar-refractivity contribution in [2.75, 3.05) is 0 Å². The smallest absolute Gasteiger partial charge is 0.336 e. The van der Waals surface area contributed by atoms with Crippen LogP contribution in [0, 0.1) is 6.92 Å². The summed E-state index contributed by atoms with van der Waals surface area (Å²) in [5.74, 6) is -0.535. The molecule has 0 fully saturated rings. The SMILES string of the molecule is Cc1ccccc1N=C(NOC(=O)c1ccc(C(F)(F)F)cc1)c1ccccc1. The molecular weight excluding hydrogens is 381 g/mol. The zero-order chi connectivity index (χ0) is 20.9. The molecule has 0 saturated heterocycles. The Morgan fingerprint density at radius 1 is 0.862 bits per heavy atom. The Morgan fingerprint density at radius 3 is 2.10 bits per heavy atom. The van der Waals surface area contributed by atoms with Gasteiger partial charge in [-0.2, -0.15) is 18.7 Å². The van der Waals surface area contributed by atoms with E-state index in [2.05, 4.69) is 10.5 Å². The summed E-state index contributed by atoms with van der Waals surface area (Å²) in [4.78, 5) is 21.8. The van der Waals surface area contributed by atoms with Crippen LogP contribution in [0.1, 0.15) is 27.0 Å². The highest BCUT2D eigenvalue weighted by molar-refractivity contribution is 6.01. The molecule has 29 heavy (non-hydrogen) atoms. The third kappa shape index (κ3) is 5.22. The molecule has 3 aromatic rings. The topological polar surface area (TPSA) is 50.7 Å². The third-order valence-corrected chi connectivity index (χ3v) is 4.08. The maximum absolute atomic E-state index is 12.7. The predicted octanol–water partition coefficient (Wildman–Crippen LogP) is 5.45. The number of aryl methyl sites for hydroxylation is 1. The second-order valence-electron chi connectivity index (χ2n) is 6.18. The molecule has 0 aromatic heterocycles. The molecule has 1 N–H and O–H groups in total. The largest absolute Gasteiger partial charge is 0.416 e. The molecule has 0 bridgehead atoms. The van der Waals surface area contributed by atoms with Crippen LogP contribution in [0.25, 0.3) is 0 Å². The Labute approximate surface area is 165 Å². The summed E-state index contributed by atoms with van der Waals surface area (Å²) in [7, 11) is 0. The first-order chi connectivity index (χ1) is 13.8. The van der Waals surface area contributed by atoms with Crippen molar-refractivity contribution in [3.05, 3.63) is 101 Å². The van der Waals surface area contributed by atoms with Crippen LogP contribution in [0.2, 0.25) is 0 Å². The monoisotopic (exact) mass is 398 g/mol. The summed E-state index contributed by atoms with van der Waals surface area (Å²) in [5, 5.41) is 0. The molecule has 0 heterocycles. The molecule has 0 amide bonds. The molecule has 3 aromatic carbocycles. The molecule has 0 atom stereocenters. The highest BCUT2D eigenvalue weighted by Crippen LogP contribution is 2.29. The van der Waals surface area contributed by atoms with Gasteiger partial charge >= 0.3 is 12.1 Å². The first kappa shape index (κ1) is 20.1. The van der Waals surface area contributed by atoms with Gasteiger partial charge < -0.3 is 4.84 Å². The number of hydrogen-bond acceptors (Lipinski definition) is 3. The maximum atomic E-state index is 12.7. The molecule has 0 aliphatic carbocycles. The Bertz CT molecular complexity index is 1010. The normalized spacial score (nSPS) is 11.8. The van der Waals surface area contributed by atoms with Crippen LogP contribution in [-0.4, -0.2) is 11.8 Å². The zero-order valence-corrected chi connectivity index (χ0v) is 15.4. The molecular formula is C22H17F3N2O2. The van der Waals surface area contributed by atoms with Crippen LogP contribution in [0.4, 0.5) is 18.9 Å². The number of alkyl halides is 3. The number of halogens is 3. The van der Waals surface area contributed by atoms with Gasteiger partial charge in [-0.15, -0.1) is 0 Å². The van der Waals surface area contributed by atoms with E-state index in [0.717, 1.165) is 29.8 Å². The van der Waals surface area contributed by atoms with Crippen LogP contribution in [0.15, 0.2) is 83.9 Å². The highest BCUT2D eigenvalue weighted by atomic mass is 19.4. The fourth-order valence-corrected chi connectivity index (χ4v) is 2.50. The lowest BCUT2D eigenvalue weighted by Crippen LogP contribution is -2.28. The van der Waals surface area contributed by atoms with E-state index in [1.807, 2.05) is 49.4 Å². The number of rotatable bonds is 3. The van der Waals surface area contributed by atoms with Crippen molar-refractivity contribution >= 4 is 17.5 Å². The van der Waals surface area contributed by atoms with Gasteiger partial charge in [0.15, 0.2) is 5.84 Å². The van der Waals surface area contributed by atoms with E-state index in [0.29, 0.717) is 17.1 Å². The number of benzene rings is 3. The standard InChI is InChI=1S/C22H17F3N2O2/c1-15-7-5-6-10-19(15)26-20(16-8-3-2-4-9-16)27-29-21(28)17-11-13-18(14-12-17)22(23,24)25/h2-14H,1H3,(H,26,27). The van der Waals surface area contributed by atoms with E-state index in [9.17, 15) is 18.0 Å². The van der Waals surface area contributed by atoms with Crippen molar-refractivity contribution in [2.24, 2.45) is 4.99 Å². The second-order valence-corrected chi connectivity index (χ2v) is 6.18. The number of amidine groups is 1. The number of carbonyl (C=O) groups is 1. The van der Waals surface area contributed by atoms with E-state index in [4.69, 9.17) is 4.84 Å². The summed E-state index contributed by atoms with van der Waals surface area (Å²) in [6.07, 6.45) is -4.47. The minimum absolute atomic E-state index is 0.0196. The Kier molecular flexibility index (Phi) is 5.97. The number of nitrogens with zero attached hydrogens (tertiary/aromatic N) is 1. The van der Waals surface area contributed by atoms with Crippen LogP contribution in [0.3, 0.4) is 0 Å². The molecule has 0 aliphatic heterocycles. The quantitative estimate of drug-likeness (QED) is 0.362. The Balaban J connectivity index is 1.80. The lowest BCUT2D eigenvalue weighted by Gasteiger charge is -2.12. The van der Waals surface area contributed by atoms with Crippen LogP contribution >= 0.6 is 0 Å². The van der Waals surface area contributed by atoms with Gasteiger partial charge in [-0.05, 0) is 42.8 Å². The first-order valence-electron chi connectivity index (χ1n) is 8.69. The predicted molar refractivity (Wildman–Crippen MR) is 104 cm³/mol. The van der Waals surface area contributed by atoms with Crippen LogP contribution in [0.5, 0.6) is 0 Å². The lowest BCUT2D eigenvalue weighted by molar-refractivity contribution is -0.137. The fourth-order valence-electron chi connectivity index (χ4n) is 2.50. The number of nitrogens with one attached hydrogen (secondary N) is 1. The number of hydroxylamine groups is 1. The molecule has 3 rings (SSSR count). The molecule has 0 spiro atoms. The molecule has 4 nitrogen and oxygen atoms in total. The minimum atomic E-state index is -4.47. The zero-order valence-electron chi connectivity index (χ0n) is 15.4. The van der Waals surface area contributed by atoms with Crippen molar-refractivity contribution in [1.29, 1.82) is 0 Å². The summed E-state index contributed by atoms with van der Waals surface area (Å²) >= 11 is 0. The van der Waals surface area contributed by atoms with Gasteiger partial charge in [0.2, 0.25) is 0 Å². The number of hydrogen-bond donors (Lipinski definition) is 1. The van der Waals surface area contributed by atoms with Gasteiger partial charge in [-0.3, -0.25) is 0 Å². The summed E-state index contributed by atoms with van der Waals surface area (Å²) in [6.45, 7) is 1.90. The van der Waals surface area contributed by atoms with E-state index in [1.165, 1.54) is 0 Å². The van der Waals surface area contributed by atoms with Crippen molar-refractivity contribution in [3.8, 4) is 0 Å².